The Bertz CT molecular complexity index is 611. The van der Waals surface area contributed by atoms with Gasteiger partial charge in [-0.3, -0.25) is 0 Å². The van der Waals surface area contributed by atoms with Gasteiger partial charge in [0.25, 0.3) is 0 Å². The average Bonchev–Trinajstić information content (AvgIpc) is 2.36. The van der Waals surface area contributed by atoms with Crippen LogP contribution in [0.5, 0.6) is 0 Å². The maximum atomic E-state index is 12.2. The number of allylic oxidation sites excluding steroid dienone is 1. The molecule has 0 bridgehead atoms. The molecular weight excluding hydrogens is 420 g/mol. The Morgan fingerprint density at radius 1 is 1.33 bits per heavy atom. The van der Waals surface area contributed by atoms with E-state index in [1.165, 1.54) is 0 Å². The van der Waals surface area contributed by atoms with Crippen LogP contribution in [0.2, 0.25) is 0 Å². The van der Waals surface area contributed by atoms with Gasteiger partial charge in [0.2, 0.25) is 0 Å². The first-order valence-electron chi connectivity index (χ1n) is 6.33. The molecule has 1 heterocycles. The molecule has 2 N–H and O–H groups in total. The van der Waals surface area contributed by atoms with Crippen molar-refractivity contribution in [2.45, 2.75) is 19.9 Å². The summed E-state index contributed by atoms with van der Waals surface area (Å²) in [6, 6.07) is 5.49. The lowest BCUT2D eigenvalue weighted by Crippen LogP contribution is -2.45. The summed E-state index contributed by atoms with van der Waals surface area (Å²) >= 11 is 12.1. The fourth-order valence-electron chi connectivity index (χ4n) is 2.17. The van der Waals surface area contributed by atoms with Crippen LogP contribution in [0.3, 0.4) is 0 Å². The van der Waals surface area contributed by atoms with Crippen molar-refractivity contribution in [3.05, 3.63) is 44.0 Å². The monoisotopic (exact) mass is 432 g/mol. The van der Waals surface area contributed by atoms with E-state index < -0.39 is 0 Å². The van der Waals surface area contributed by atoms with Crippen molar-refractivity contribution in [3.63, 3.8) is 0 Å². The third kappa shape index (κ3) is 3.84. The van der Waals surface area contributed by atoms with E-state index >= 15 is 0 Å². The minimum Gasteiger partial charge on any atom is -0.463 e. The zero-order chi connectivity index (χ0) is 15.6. The van der Waals surface area contributed by atoms with E-state index in [1.807, 2.05) is 25.1 Å². The van der Waals surface area contributed by atoms with Crippen LogP contribution in [0.25, 0.3) is 0 Å². The Hall–Kier alpha value is -0.920. The molecule has 112 valence electrons. The largest absolute Gasteiger partial charge is 0.463 e. The van der Waals surface area contributed by atoms with Crippen molar-refractivity contribution in [1.29, 1.82) is 0 Å². The lowest BCUT2D eigenvalue weighted by Gasteiger charge is -2.30. The molecule has 1 aromatic carbocycles. The van der Waals surface area contributed by atoms with E-state index in [2.05, 4.69) is 42.5 Å². The van der Waals surface area contributed by atoms with Crippen molar-refractivity contribution in [3.8, 4) is 0 Å². The van der Waals surface area contributed by atoms with Crippen molar-refractivity contribution in [2.24, 2.45) is 0 Å². The first-order chi connectivity index (χ1) is 9.92. The summed E-state index contributed by atoms with van der Waals surface area (Å²) in [5, 5.41) is 6.59. The number of nitrogens with one attached hydrogen (secondary N) is 2. The second kappa shape index (κ2) is 6.89. The van der Waals surface area contributed by atoms with Gasteiger partial charge < -0.3 is 15.4 Å². The van der Waals surface area contributed by atoms with Crippen molar-refractivity contribution in [2.75, 3.05) is 6.61 Å². The summed E-state index contributed by atoms with van der Waals surface area (Å²) in [4.78, 5) is 12.2. The van der Waals surface area contributed by atoms with Gasteiger partial charge in [0.1, 0.15) is 0 Å². The summed E-state index contributed by atoms with van der Waals surface area (Å²) in [6.07, 6.45) is 0. The SMILES string of the molecule is CCOC(=O)C1=C(C)NC(=S)N[C@@H]1c1cc(Br)cc(Br)c1. The molecule has 1 aliphatic heterocycles. The van der Waals surface area contributed by atoms with Crippen LogP contribution in [0.4, 0.5) is 0 Å². The summed E-state index contributed by atoms with van der Waals surface area (Å²) in [5.74, 6) is -0.349. The molecule has 4 nitrogen and oxygen atoms in total. The van der Waals surface area contributed by atoms with E-state index in [9.17, 15) is 4.79 Å². The molecule has 0 saturated heterocycles. The van der Waals surface area contributed by atoms with E-state index in [4.69, 9.17) is 17.0 Å². The normalized spacial score (nSPS) is 18.1. The van der Waals surface area contributed by atoms with Crippen LogP contribution >= 0.6 is 44.1 Å². The zero-order valence-corrected chi connectivity index (χ0v) is 15.5. The molecule has 7 heteroatoms. The van der Waals surface area contributed by atoms with E-state index in [1.54, 1.807) is 6.92 Å². The molecule has 21 heavy (non-hydrogen) atoms. The van der Waals surface area contributed by atoms with E-state index in [0.29, 0.717) is 23.0 Å². The number of halogens is 2. The number of hydrogen-bond acceptors (Lipinski definition) is 3. The number of rotatable bonds is 3. The maximum absolute atomic E-state index is 12.2. The molecule has 0 saturated carbocycles. The average molecular weight is 434 g/mol. The number of thiocarbonyl (C=S) groups is 1. The lowest BCUT2D eigenvalue weighted by atomic mass is 9.96. The lowest BCUT2D eigenvalue weighted by molar-refractivity contribution is -0.139. The Morgan fingerprint density at radius 3 is 2.52 bits per heavy atom. The topological polar surface area (TPSA) is 50.4 Å². The highest BCUT2D eigenvalue weighted by Crippen LogP contribution is 2.31. The smallest absolute Gasteiger partial charge is 0.338 e. The molecular formula is C14H14Br2N2O2S. The van der Waals surface area contributed by atoms with Crippen LogP contribution in [-0.4, -0.2) is 17.7 Å². The standard InChI is InChI=1S/C14H14Br2N2O2S/c1-3-20-13(19)11-7(2)17-14(21)18-12(11)8-4-9(15)6-10(16)5-8/h4-6,12H,3H2,1-2H3,(H2,17,18,21)/t12-/m1/s1. The second-order valence-electron chi connectivity index (χ2n) is 4.49. The Kier molecular flexibility index (Phi) is 5.40. The number of hydrogen-bond donors (Lipinski definition) is 2. The minimum absolute atomic E-state index is 0.328. The van der Waals surface area contributed by atoms with Gasteiger partial charge in [-0.1, -0.05) is 31.9 Å². The molecule has 1 atom stereocenters. The number of ether oxygens (including phenoxy) is 1. The number of esters is 1. The molecule has 0 aliphatic carbocycles. The molecule has 0 spiro atoms. The Balaban J connectivity index is 2.49. The van der Waals surface area contributed by atoms with Gasteiger partial charge >= 0.3 is 5.97 Å². The maximum Gasteiger partial charge on any atom is 0.338 e. The van der Waals surface area contributed by atoms with Crippen LogP contribution < -0.4 is 10.6 Å². The highest BCUT2D eigenvalue weighted by molar-refractivity contribution is 9.11. The predicted molar refractivity (Wildman–Crippen MR) is 92.8 cm³/mol. The van der Waals surface area contributed by atoms with Crippen molar-refractivity contribution < 1.29 is 9.53 Å². The molecule has 0 unspecified atom stereocenters. The highest BCUT2D eigenvalue weighted by atomic mass is 79.9. The van der Waals surface area contributed by atoms with Gasteiger partial charge in [-0.25, -0.2) is 4.79 Å². The van der Waals surface area contributed by atoms with Gasteiger partial charge in [0, 0.05) is 14.6 Å². The second-order valence-corrected chi connectivity index (χ2v) is 6.73. The first kappa shape index (κ1) is 16.5. The number of carbonyl (C=O) groups is 1. The Labute approximate surface area is 145 Å². The predicted octanol–water partition coefficient (Wildman–Crippen LogP) is 3.57. The first-order valence-corrected chi connectivity index (χ1v) is 8.33. The van der Waals surface area contributed by atoms with Crippen molar-refractivity contribution >= 4 is 55.2 Å². The summed E-state index contributed by atoms with van der Waals surface area (Å²) < 4.78 is 6.99. The highest BCUT2D eigenvalue weighted by Gasteiger charge is 2.31. The number of carbonyl (C=O) groups excluding carboxylic acids is 1. The minimum atomic E-state index is -0.349. The fourth-order valence-corrected chi connectivity index (χ4v) is 3.77. The summed E-state index contributed by atoms with van der Waals surface area (Å²) in [5.41, 5.74) is 2.16. The molecule has 2 rings (SSSR count). The number of benzene rings is 1. The molecule has 0 fully saturated rings. The Morgan fingerprint density at radius 2 is 1.95 bits per heavy atom. The van der Waals surface area contributed by atoms with Gasteiger partial charge in [0.05, 0.1) is 18.2 Å². The van der Waals surface area contributed by atoms with Crippen LogP contribution in [-0.2, 0) is 9.53 Å². The van der Waals surface area contributed by atoms with Gasteiger partial charge in [-0.2, -0.15) is 0 Å². The van der Waals surface area contributed by atoms with E-state index in [-0.39, 0.29) is 12.0 Å². The third-order valence-electron chi connectivity index (χ3n) is 2.98. The molecule has 0 amide bonds. The van der Waals surface area contributed by atoms with Crippen LogP contribution in [0, 0.1) is 0 Å². The summed E-state index contributed by atoms with van der Waals surface area (Å²) in [6.45, 7) is 3.93. The third-order valence-corrected chi connectivity index (χ3v) is 4.12. The van der Waals surface area contributed by atoms with Crippen LogP contribution in [0.1, 0.15) is 25.5 Å². The van der Waals surface area contributed by atoms with E-state index in [0.717, 1.165) is 14.5 Å². The summed E-state index contributed by atoms with van der Waals surface area (Å²) in [7, 11) is 0. The quantitative estimate of drug-likeness (QED) is 0.563. The zero-order valence-electron chi connectivity index (χ0n) is 11.5. The molecule has 0 aromatic heterocycles. The fraction of sp³-hybridized carbons (Fsp3) is 0.286. The van der Waals surface area contributed by atoms with Gasteiger partial charge in [-0.05, 0) is 49.8 Å². The van der Waals surface area contributed by atoms with Gasteiger partial charge in [0.15, 0.2) is 5.11 Å². The van der Waals surface area contributed by atoms with Crippen molar-refractivity contribution in [1.82, 2.24) is 10.6 Å². The molecule has 1 aliphatic rings. The molecule has 1 aromatic rings. The van der Waals surface area contributed by atoms with Gasteiger partial charge in [-0.15, -0.1) is 0 Å². The molecule has 0 radical (unpaired) electrons. The van der Waals surface area contributed by atoms with Crippen LogP contribution in [0.15, 0.2) is 38.4 Å².